The highest BCUT2D eigenvalue weighted by atomic mass is 16.3. The number of carbonyl (C=O) groups excluding carboxylic acids is 2. The van der Waals surface area contributed by atoms with Crippen LogP contribution in [0.3, 0.4) is 0 Å². The molecule has 0 aliphatic carbocycles. The number of rotatable bonds is 5. The van der Waals surface area contributed by atoms with Crippen LogP contribution in [0.15, 0.2) is 36.5 Å². The molecule has 2 heterocycles. The quantitative estimate of drug-likeness (QED) is 0.742. The Morgan fingerprint density at radius 2 is 2.11 bits per heavy atom. The number of benzene rings is 1. The number of nitrogens with one attached hydrogen (secondary N) is 2. The first kappa shape index (κ1) is 20.0. The van der Waals surface area contributed by atoms with Crippen LogP contribution < -0.4 is 10.6 Å². The van der Waals surface area contributed by atoms with Crippen molar-refractivity contribution in [1.82, 2.24) is 15.6 Å². The van der Waals surface area contributed by atoms with Crippen LogP contribution in [-0.4, -0.2) is 41.1 Å². The first-order valence-electron chi connectivity index (χ1n) is 9.49. The molecule has 0 spiro atoms. The Labute approximate surface area is 165 Å². The van der Waals surface area contributed by atoms with E-state index in [1.165, 1.54) is 0 Å². The van der Waals surface area contributed by atoms with E-state index in [4.69, 9.17) is 0 Å². The summed E-state index contributed by atoms with van der Waals surface area (Å²) in [5.74, 6) is -0.665. The van der Waals surface area contributed by atoms with Crippen LogP contribution in [0.1, 0.15) is 48.2 Å². The molecule has 0 bridgehead atoms. The molecule has 3 N–H and O–H groups in total. The molecule has 1 unspecified atom stereocenters. The summed E-state index contributed by atoms with van der Waals surface area (Å²) in [6.07, 6.45) is 1.78. The van der Waals surface area contributed by atoms with E-state index in [-0.39, 0.29) is 35.8 Å². The van der Waals surface area contributed by atoms with E-state index in [0.29, 0.717) is 12.1 Å². The third-order valence-electron chi connectivity index (χ3n) is 5.17. The lowest BCUT2D eigenvalue weighted by atomic mass is 9.76. The number of aromatic nitrogens is 1. The minimum Gasteiger partial charge on any atom is -0.394 e. The number of aliphatic hydroxyl groups is 1. The van der Waals surface area contributed by atoms with Gasteiger partial charge in [-0.15, -0.1) is 0 Å². The molecule has 1 aromatic heterocycles. The van der Waals surface area contributed by atoms with Crippen LogP contribution >= 0.6 is 0 Å². The molecular formula is C22H27N3O3. The van der Waals surface area contributed by atoms with Gasteiger partial charge in [-0.1, -0.05) is 19.9 Å². The zero-order valence-corrected chi connectivity index (χ0v) is 16.7. The highest BCUT2D eigenvalue weighted by Crippen LogP contribution is 2.40. The summed E-state index contributed by atoms with van der Waals surface area (Å²) < 4.78 is 0. The lowest BCUT2D eigenvalue weighted by Crippen LogP contribution is -2.35. The van der Waals surface area contributed by atoms with Crippen LogP contribution in [0.5, 0.6) is 0 Å². The summed E-state index contributed by atoms with van der Waals surface area (Å²) in [4.78, 5) is 29.7. The second-order valence-corrected chi connectivity index (χ2v) is 8.26. The number of hydrogen-bond acceptors (Lipinski definition) is 4. The van der Waals surface area contributed by atoms with Crippen LogP contribution in [0.25, 0.3) is 11.3 Å². The van der Waals surface area contributed by atoms with Crippen LogP contribution in [0, 0.1) is 12.3 Å². The summed E-state index contributed by atoms with van der Waals surface area (Å²) in [6.45, 7) is 8.23. The Hall–Kier alpha value is -2.73. The molecule has 2 atom stereocenters. The Kier molecular flexibility index (Phi) is 5.52. The molecule has 0 radical (unpaired) electrons. The van der Waals surface area contributed by atoms with E-state index in [9.17, 15) is 14.7 Å². The lowest BCUT2D eigenvalue weighted by Gasteiger charge is -2.25. The van der Waals surface area contributed by atoms with E-state index in [2.05, 4.69) is 15.6 Å². The monoisotopic (exact) mass is 381 g/mol. The van der Waals surface area contributed by atoms with Gasteiger partial charge in [0.1, 0.15) is 0 Å². The summed E-state index contributed by atoms with van der Waals surface area (Å²) in [6, 6.07) is 9.01. The average Bonchev–Trinajstić information content (AvgIpc) is 2.94. The maximum absolute atomic E-state index is 12.7. The Bertz CT molecular complexity index is 890. The Morgan fingerprint density at radius 1 is 1.36 bits per heavy atom. The number of nitrogens with zero attached hydrogens (tertiary/aromatic N) is 1. The zero-order valence-electron chi connectivity index (χ0n) is 16.7. The first-order chi connectivity index (χ1) is 13.2. The second-order valence-electron chi connectivity index (χ2n) is 8.26. The smallest absolute Gasteiger partial charge is 0.251 e. The maximum Gasteiger partial charge on any atom is 0.251 e. The van der Waals surface area contributed by atoms with Gasteiger partial charge < -0.3 is 15.7 Å². The van der Waals surface area contributed by atoms with Crippen molar-refractivity contribution in [1.29, 1.82) is 0 Å². The number of aryl methyl sites for hydroxylation is 1. The fourth-order valence-corrected chi connectivity index (χ4v) is 3.57. The third kappa shape index (κ3) is 4.07. The normalized spacial score (nSPS) is 19.2. The predicted octanol–water partition coefficient (Wildman–Crippen LogP) is 2.41. The largest absolute Gasteiger partial charge is 0.394 e. The first-order valence-corrected chi connectivity index (χ1v) is 9.49. The highest BCUT2D eigenvalue weighted by Gasteiger charge is 2.42. The molecule has 0 saturated carbocycles. The minimum absolute atomic E-state index is 0.0332. The fraction of sp³-hybridized carbons (Fsp3) is 0.409. The summed E-state index contributed by atoms with van der Waals surface area (Å²) in [5, 5.41) is 14.9. The second kappa shape index (κ2) is 7.72. The van der Waals surface area contributed by atoms with Gasteiger partial charge in [-0.25, -0.2) is 0 Å². The number of amides is 2. The summed E-state index contributed by atoms with van der Waals surface area (Å²) in [5.41, 5.74) is 3.56. The Balaban J connectivity index is 2.10. The van der Waals surface area contributed by atoms with Gasteiger partial charge in [0.05, 0.1) is 18.2 Å². The molecule has 1 fully saturated rings. The lowest BCUT2D eigenvalue weighted by molar-refractivity contribution is -0.121. The summed E-state index contributed by atoms with van der Waals surface area (Å²) >= 11 is 0. The van der Waals surface area contributed by atoms with Gasteiger partial charge in [0, 0.05) is 29.9 Å². The molecule has 2 aromatic rings. The van der Waals surface area contributed by atoms with Crippen molar-refractivity contribution in [3.63, 3.8) is 0 Å². The van der Waals surface area contributed by atoms with Crippen molar-refractivity contribution >= 4 is 11.8 Å². The van der Waals surface area contributed by atoms with E-state index in [0.717, 1.165) is 22.4 Å². The van der Waals surface area contributed by atoms with E-state index in [1.54, 1.807) is 25.3 Å². The van der Waals surface area contributed by atoms with Gasteiger partial charge in [0.25, 0.3) is 5.91 Å². The number of aliphatic hydroxyl groups excluding tert-OH is 1. The van der Waals surface area contributed by atoms with Crippen molar-refractivity contribution in [2.24, 2.45) is 5.41 Å². The van der Waals surface area contributed by atoms with Crippen LogP contribution in [0.2, 0.25) is 0 Å². The van der Waals surface area contributed by atoms with Crippen LogP contribution in [-0.2, 0) is 4.79 Å². The SMILES string of the molecule is Cc1ccc(-c2cc(C(=O)N[C@@H](C)CO)cc(C3C(=O)NCC3(C)C)c2)nc1. The molecule has 1 saturated heterocycles. The van der Waals surface area contributed by atoms with E-state index >= 15 is 0 Å². The molecule has 1 aliphatic heterocycles. The van der Waals surface area contributed by atoms with E-state index in [1.807, 2.05) is 39.0 Å². The molecule has 148 valence electrons. The van der Waals surface area contributed by atoms with E-state index < -0.39 is 0 Å². The zero-order chi connectivity index (χ0) is 20.5. The predicted molar refractivity (Wildman–Crippen MR) is 108 cm³/mol. The van der Waals surface area contributed by atoms with Gasteiger partial charge in [-0.05, 0) is 54.7 Å². The van der Waals surface area contributed by atoms with Crippen molar-refractivity contribution in [3.8, 4) is 11.3 Å². The molecule has 6 heteroatoms. The van der Waals surface area contributed by atoms with Crippen molar-refractivity contribution in [3.05, 3.63) is 53.2 Å². The fourth-order valence-electron chi connectivity index (χ4n) is 3.57. The highest BCUT2D eigenvalue weighted by molar-refractivity contribution is 5.97. The summed E-state index contributed by atoms with van der Waals surface area (Å²) in [7, 11) is 0. The third-order valence-corrected chi connectivity index (χ3v) is 5.17. The van der Waals surface area contributed by atoms with Gasteiger partial charge in [-0.2, -0.15) is 0 Å². The maximum atomic E-state index is 12.7. The molecule has 1 aliphatic rings. The van der Waals surface area contributed by atoms with Crippen LogP contribution in [0.4, 0.5) is 0 Å². The molecule has 28 heavy (non-hydrogen) atoms. The topological polar surface area (TPSA) is 91.3 Å². The van der Waals surface area contributed by atoms with Gasteiger partial charge >= 0.3 is 0 Å². The average molecular weight is 381 g/mol. The molecule has 1 aromatic carbocycles. The molecular weight excluding hydrogens is 354 g/mol. The molecule has 3 rings (SSSR count). The number of carbonyl (C=O) groups is 2. The standard InChI is InChI=1S/C22H27N3O3/c1-13-5-6-18(23-10-13)15-7-16(19-21(28)24-12-22(19,3)4)9-17(8-15)20(27)25-14(2)11-26/h5-10,14,19,26H,11-12H2,1-4H3,(H,24,28)(H,25,27)/t14-,19?/m0/s1. The molecule has 2 amide bonds. The van der Waals surface area contributed by atoms with Gasteiger partial charge in [-0.3, -0.25) is 14.6 Å². The number of pyridine rings is 1. The van der Waals surface area contributed by atoms with Crippen molar-refractivity contribution in [2.45, 2.75) is 39.7 Å². The molecule has 6 nitrogen and oxygen atoms in total. The van der Waals surface area contributed by atoms with Crippen molar-refractivity contribution in [2.75, 3.05) is 13.2 Å². The van der Waals surface area contributed by atoms with Gasteiger partial charge in [0.15, 0.2) is 0 Å². The minimum atomic E-state index is -0.358. The van der Waals surface area contributed by atoms with Gasteiger partial charge in [0.2, 0.25) is 5.91 Å². The van der Waals surface area contributed by atoms with Crippen molar-refractivity contribution < 1.29 is 14.7 Å². The number of hydrogen-bond donors (Lipinski definition) is 3. The Morgan fingerprint density at radius 3 is 2.68 bits per heavy atom.